The first-order valence-corrected chi connectivity index (χ1v) is 8.90. The molecule has 4 nitrogen and oxygen atoms in total. The summed E-state index contributed by atoms with van der Waals surface area (Å²) in [6.45, 7) is 7.77. The molecule has 0 radical (unpaired) electrons. The highest BCUT2D eigenvalue weighted by atomic mass is 79.9. The molecule has 2 aromatic carbocycles. The Balaban J connectivity index is 1.85. The third-order valence-electron chi connectivity index (χ3n) is 4.23. The number of anilines is 1. The molecule has 0 aliphatic carbocycles. The Hall–Kier alpha value is -2.27. The van der Waals surface area contributed by atoms with Crippen LogP contribution in [0.3, 0.4) is 0 Å². The zero-order valence-electron chi connectivity index (χ0n) is 14.4. The van der Waals surface area contributed by atoms with Gasteiger partial charge in [-0.1, -0.05) is 36.4 Å². The number of nitrogens with one attached hydrogen (secondary N) is 1. The Morgan fingerprint density at radius 3 is 2.48 bits per heavy atom. The summed E-state index contributed by atoms with van der Waals surface area (Å²) in [5.74, 6) is 0.536. The molecule has 0 bridgehead atoms. The molecule has 0 unspecified atom stereocenters. The normalized spacial score (nSPS) is 12.7. The Morgan fingerprint density at radius 2 is 1.92 bits per heavy atom. The Bertz CT molecular complexity index is 807. The number of hydrogen-bond donors (Lipinski definition) is 1. The first kappa shape index (κ1) is 17.5. The Labute approximate surface area is 156 Å². The molecule has 0 fully saturated rings. The van der Waals surface area contributed by atoms with Crippen molar-refractivity contribution in [2.75, 3.05) is 19.0 Å². The van der Waals surface area contributed by atoms with E-state index in [4.69, 9.17) is 4.74 Å². The molecule has 2 aromatic rings. The number of nitrogens with zero attached hydrogens (tertiary/aromatic N) is 1. The quantitative estimate of drug-likeness (QED) is 0.745. The van der Waals surface area contributed by atoms with Crippen LogP contribution in [0.2, 0.25) is 0 Å². The van der Waals surface area contributed by atoms with Gasteiger partial charge in [-0.2, -0.15) is 0 Å². The van der Waals surface area contributed by atoms with Gasteiger partial charge < -0.3 is 15.0 Å². The molecule has 1 heterocycles. The van der Waals surface area contributed by atoms with Crippen molar-refractivity contribution >= 4 is 27.5 Å². The van der Waals surface area contributed by atoms with Crippen LogP contribution in [0.15, 0.2) is 53.0 Å². The van der Waals surface area contributed by atoms with Crippen LogP contribution in [0.5, 0.6) is 5.75 Å². The van der Waals surface area contributed by atoms with Crippen molar-refractivity contribution in [2.24, 2.45) is 0 Å². The average molecular weight is 401 g/mol. The van der Waals surface area contributed by atoms with Crippen LogP contribution in [0.25, 0.3) is 0 Å². The van der Waals surface area contributed by atoms with Gasteiger partial charge in [0.2, 0.25) is 0 Å². The molecule has 1 aliphatic rings. The number of halogens is 1. The maximum Gasteiger partial charge on any atom is 0.258 e. The molecule has 0 atom stereocenters. The Kier molecular flexibility index (Phi) is 5.13. The smallest absolute Gasteiger partial charge is 0.258 e. The van der Waals surface area contributed by atoms with Crippen molar-refractivity contribution < 1.29 is 9.53 Å². The van der Waals surface area contributed by atoms with Crippen molar-refractivity contribution in [1.29, 1.82) is 0 Å². The minimum absolute atomic E-state index is 0.0276. The molecule has 1 amide bonds. The second-order valence-electron chi connectivity index (χ2n) is 6.27. The number of methoxy groups -OCH3 is 1. The summed E-state index contributed by atoms with van der Waals surface area (Å²) < 4.78 is 6.30. The molecular formula is C20H21BrN2O2. The lowest BCUT2D eigenvalue weighted by Crippen LogP contribution is -2.26. The van der Waals surface area contributed by atoms with Gasteiger partial charge in [0.1, 0.15) is 5.75 Å². The largest absolute Gasteiger partial charge is 0.496 e. The van der Waals surface area contributed by atoms with E-state index < -0.39 is 0 Å². The number of ether oxygens (including phenoxy) is 1. The van der Waals surface area contributed by atoms with Crippen molar-refractivity contribution in [3.8, 4) is 5.75 Å². The zero-order chi connectivity index (χ0) is 18.0. The highest BCUT2D eigenvalue weighted by Crippen LogP contribution is 2.34. The van der Waals surface area contributed by atoms with Crippen LogP contribution >= 0.6 is 15.9 Å². The third kappa shape index (κ3) is 3.71. The lowest BCUT2D eigenvalue weighted by molar-refractivity contribution is 0.0748. The summed E-state index contributed by atoms with van der Waals surface area (Å²) in [4.78, 5) is 14.9. The lowest BCUT2D eigenvalue weighted by atomic mass is 10.1. The number of amides is 1. The van der Waals surface area contributed by atoms with E-state index in [0.717, 1.165) is 15.7 Å². The molecular weight excluding hydrogens is 380 g/mol. The second kappa shape index (κ2) is 7.31. The second-order valence-corrected chi connectivity index (χ2v) is 7.13. The summed E-state index contributed by atoms with van der Waals surface area (Å²) in [6, 6.07) is 11.8. The van der Waals surface area contributed by atoms with Gasteiger partial charge in [0.25, 0.3) is 5.91 Å². The highest BCUT2D eigenvalue weighted by molar-refractivity contribution is 9.10. The number of carbonyl (C=O) groups excluding carboxylic acids is 1. The maximum absolute atomic E-state index is 13.0. The molecule has 0 spiro atoms. The molecule has 5 heteroatoms. The molecule has 1 aliphatic heterocycles. The van der Waals surface area contributed by atoms with Crippen LogP contribution in [0, 0.1) is 0 Å². The van der Waals surface area contributed by atoms with Crippen LogP contribution in [-0.2, 0) is 13.1 Å². The number of rotatable bonds is 5. The number of fused-ring (bicyclic) bond motifs is 1. The van der Waals surface area contributed by atoms with E-state index in [9.17, 15) is 4.79 Å². The highest BCUT2D eigenvalue weighted by Gasteiger charge is 2.26. The van der Waals surface area contributed by atoms with Gasteiger partial charge in [0, 0.05) is 30.2 Å². The van der Waals surface area contributed by atoms with Gasteiger partial charge in [0.15, 0.2) is 0 Å². The van der Waals surface area contributed by atoms with Crippen molar-refractivity contribution in [3.05, 3.63) is 69.7 Å². The van der Waals surface area contributed by atoms with Crippen molar-refractivity contribution in [3.63, 3.8) is 0 Å². The van der Waals surface area contributed by atoms with E-state index in [2.05, 4.69) is 40.0 Å². The molecule has 3 rings (SSSR count). The van der Waals surface area contributed by atoms with E-state index in [0.29, 0.717) is 30.9 Å². The number of benzene rings is 2. The summed E-state index contributed by atoms with van der Waals surface area (Å²) >= 11 is 3.55. The van der Waals surface area contributed by atoms with E-state index in [1.54, 1.807) is 7.11 Å². The summed E-state index contributed by atoms with van der Waals surface area (Å²) in [7, 11) is 1.58. The fraction of sp³-hybridized carbons (Fsp3) is 0.250. The van der Waals surface area contributed by atoms with Crippen molar-refractivity contribution in [1.82, 2.24) is 4.90 Å². The predicted octanol–water partition coefficient (Wildman–Crippen LogP) is 4.60. The van der Waals surface area contributed by atoms with Crippen LogP contribution in [0.1, 0.15) is 28.4 Å². The predicted molar refractivity (Wildman–Crippen MR) is 104 cm³/mol. The van der Waals surface area contributed by atoms with Crippen LogP contribution in [-0.4, -0.2) is 24.5 Å². The summed E-state index contributed by atoms with van der Waals surface area (Å²) in [6.07, 6.45) is 0. The van der Waals surface area contributed by atoms with Crippen molar-refractivity contribution in [2.45, 2.75) is 20.0 Å². The first-order chi connectivity index (χ1) is 12.0. The number of carbonyl (C=O) groups is 1. The molecule has 130 valence electrons. The molecule has 0 aromatic heterocycles. The van der Waals surface area contributed by atoms with Gasteiger partial charge in [-0.15, -0.1) is 0 Å². The lowest BCUT2D eigenvalue weighted by Gasteiger charge is -2.19. The zero-order valence-corrected chi connectivity index (χ0v) is 16.0. The van der Waals surface area contributed by atoms with E-state index in [-0.39, 0.29) is 5.91 Å². The maximum atomic E-state index is 13.0. The van der Waals surface area contributed by atoms with Gasteiger partial charge >= 0.3 is 0 Å². The number of hydrogen-bond acceptors (Lipinski definition) is 3. The van der Waals surface area contributed by atoms with Gasteiger partial charge in [-0.25, -0.2) is 0 Å². The van der Waals surface area contributed by atoms with Gasteiger partial charge in [-0.05, 0) is 40.0 Å². The standard InChI is InChI=1S/C20H21BrN2O2/c1-13(2)10-22-18-9-19(25-3)16(8-17(18)21)20(24)23-11-14-6-4-5-7-15(14)12-23/h4-9,22H,1,10-12H2,2-3H3. The fourth-order valence-electron chi connectivity index (χ4n) is 2.92. The molecule has 25 heavy (non-hydrogen) atoms. The molecule has 0 saturated heterocycles. The van der Waals surface area contributed by atoms with E-state index >= 15 is 0 Å². The topological polar surface area (TPSA) is 41.6 Å². The average Bonchev–Trinajstić information content (AvgIpc) is 3.03. The Morgan fingerprint density at radius 1 is 1.28 bits per heavy atom. The SMILES string of the molecule is C=C(C)CNc1cc(OC)c(C(=O)N2Cc3ccccc3C2)cc1Br. The third-order valence-corrected chi connectivity index (χ3v) is 4.88. The van der Waals surface area contributed by atoms with E-state index in [1.165, 1.54) is 11.1 Å². The summed E-state index contributed by atoms with van der Waals surface area (Å²) in [5, 5.41) is 3.29. The molecule has 0 saturated carbocycles. The monoisotopic (exact) mass is 400 g/mol. The molecule has 1 N–H and O–H groups in total. The van der Waals surface area contributed by atoms with Gasteiger partial charge in [0.05, 0.1) is 18.4 Å². The minimum atomic E-state index is -0.0276. The van der Waals surface area contributed by atoms with Crippen LogP contribution in [0.4, 0.5) is 5.69 Å². The van der Waals surface area contributed by atoms with Gasteiger partial charge in [-0.3, -0.25) is 4.79 Å². The minimum Gasteiger partial charge on any atom is -0.496 e. The summed E-state index contributed by atoms with van der Waals surface area (Å²) in [5.41, 5.74) is 4.87. The van der Waals surface area contributed by atoms with E-state index in [1.807, 2.05) is 36.1 Å². The first-order valence-electron chi connectivity index (χ1n) is 8.11. The fourth-order valence-corrected chi connectivity index (χ4v) is 3.40. The van der Waals surface area contributed by atoms with Crippen LogP contribution < -0.4 is 10.1 Å².